The minimum absolute atomic E-state index is 0.462. The quantitative estimate of drug-likeness (QED) is 0.240. The summed E-state index contributed by atoms with van der Waals surface area (Å²) < 4.78 is 8.97. The van der Waals surface area contributed by atoms with E-state index in [1.165, 1.54) is 49.8 Å². The van der Waals surface area contributed by atoms with E-state index in [1.807, 2.05) is 0 Å². The maximum absolute atomic E-state index is 6.49. The molecule has 3 heterocycles. The lowest BCUT2D eigenvalue weighted by molar-refractivity contribution is 0.434. The maximum Gasteiger partial charge on any atom is 0.132 e. The van der Waals surface area contributed by atoms with Crippen molar-refractivity contribution in [2.24, 2.45) is 0 Å². The van der Waals surface area contributed by atoms with Crippen molar-refractivity contribution in [3.63, 3.8) is 0 Å². The fraction of sp³-hybridized carbons (Fsp3) is 0.0625. The number of hydrogen-bond acceptors (Lipinski definition) is 1. The van der Waals surface area contributed by atoms with Gasteiger partial charge in [-0.15, -0.1) is 0 Å². The molecule has 1 spiro atoms. The highest BCUT2D eigenvalue weighted by molar-refractivity contribution is 6.14. The number of ether oxygens (including phenoxy) is 1. The van der Waals surface area contributed by atoms with Crippen molar-refractivity contribution in [3.05, 3.63) is 138 Å². The largest absolute Gasteiger partial charge is 0.457 e. The third kappa shape index (κ3) is 2.03. The second-order valence-corrected chi connectivity index (χ2v) is 9.24. The number of rotatable bonds is 0. The van der Waals surface area contributed by atoms with Crippen molar-refractivity contribution in [1.29, 1.82) is 0 Å². The van der Waals surface area contributed by atoms with Crippen molar-refractivity contribution in [2.75, 3.05) is 0 Å². The fourth-order valence-electron chi connectivity index (χ4n) is 6.42. The molecule has 0 atom stereocenters. The molecule has 5 aromatic rings. The molecule has 3 aliphatic rings. The van der Waals surface area contributed by atoms with Gasteiger partial charge in [-0.1, -0.05) is 91.0 Å². The molecule has 4 aromatic carbocycles. The number of allylic oxidation sites excluding steroid dienone is 6. The third-order valence-corrected chi connectivity index (χ3v) is 7.65. The first-order chi connectivity index (χ1) is 16.9. The van der Waals surface area contributed by atoms with Gasteiger partial charge in [-0.2, -0.15) is 0 Å². The lowest BCUT2D eigenvalue weighted by atomic mass is 9.61. The van der Waals surface area contributed by atoms with Gasteiger partial charge in [-0.05, 0) is 41.8 Å². The van der Waals surface area contributed by atoms with Gasteiger partial charge in [0.1, 0.15) is 11.5 Å². The summed E-state index contributed by atoms with van der Waals surface area (Å²) in [5, 5.41) is 2.58. The van der Waals surface area contributed by atoms with Gasteiger partial charge in [0.05, 0.1) is 22.1 Å². The Morgan fingerprint density at radius 3 is 2.09 bits per heavy atom. The van der Waals surface area contributed by atoms with Gasteiger partial charge in [-0.25, -0.2) is 0 Å². The second-order valence-electron chi connectivity index (χ2n) is 9.24. The Morgan fingerprint density at radius 2 is 1.26 bits per heavy atom. The summed E-state index contributed by atoms with van der Waals surface area (Å²) in [6.45, 7) is 0. The molecule has 0 saturated carbocycles. The van der Waals surface area contributed by atoms with E-state index in [-0.39, 0.29) is 0 Å². The van der Waals surface area contributed by atoms with Crippen LogP contribution in [0.3, 0.4) is 0 Å². The second kappa shape index (κ2) is 6.39. The van der Waals surface area contributed by atoms with E-state index in [2.05, 4.69) is 120 Å². The lowest BCUT2D eigenvalue weighted by Crippen LogP contribution is -2.37. The van der Waals surface area contributed by atoms with E-state index in [1.54, 1.807) is 0 Å². The summed E-state index contributed by atoms with van der Waals surface area (Å²) in [6, 6.07) is 32.7. The number of hydrogen-bond donors (Lipinski definition) is 0. The van der Waals surface area contributed by atoms with Crippen LogP contribution in [-0.4, -0.2) is 4.57 Å². The van der Waals surface area contributed by atoms with Gasteiger partial charge in [-0.3, -0.25) is 0 Å². The van der Waals surface area contributed by atoms with Gasteiger partial charge in [0.2, 0.25) is 0 Å². The lowest BCUT2D eigenvalue weighted by Gasteiger charge is -2.45. The molecule has 0 amide bonds. The summed E-state index contributed by atoms with van der Waals surface area (Å²) in [5.74, 6) is 1.85. The van der Waals surface area contributed by atoms with Crippen LogP contribution < -0.4 is 4.74 Å². The Labute approximate surface area is 197 Å². The van der Waals surface area contributed by atoms with Crippen LogP contribution in [0, 0.1) is 0 Å². The Bertz CT molecular complexity index is 1720. The summed E-state index contributed by atoms with van der Waals surface area (Å²) in [4.78, 5) is 0. The number of nitrogens with zero attached hydrogens (tertiary/aromatic N) is 1. The molecule has 0 bridgehead atoms. The smallest absolute Gasteiger partial charge is 0.132 e. The van der Waals surface area contributed by atoms with Crippen molar-refractivity contribution in [1.82, 2.24) is 4.57 Å². The Balaban J connectivity index is 1.69. The Hall–Kier alpha value is -4.30. The zero-order valence-electron chi connectivity index (χ0n) is 18.5. The van der Waals surface area contributed by atoms with Crippen LogP contribution in [-0.2, 0) is 5.41 Å². The van der Waals surface area contributed by atoms with Gasteiger partial charge >= 0.3 is 0 Å². The van der Waals surface area contributed by atoms with Crippen molar-refractivity contribution in [3.8, 4) is 11.5 Å². The van der Waals surface area contributed by atoms with Crippen LogP contribution in [0.25, 0.3) is 27.5 Å². The zero-order chi connectivity index (χ0) is 22.3. The first-order valence-electron chi connectivity index (χ1n) is 11.9. The van der Waals surface area contributed by atoms with Gasteiger partial charge in [0.25, 0.3) is 0 Å². The van der Waals surface area contributed by atoms with E-state index in [9.17, 15) is 0 Å². The van der Waals surface area contributed by atoms with Crippen LogP contribution in [0.5, 0.6) is 11.5 Å². The molecule has 0 radical (unpaired) electrons. The Morgan fingerprint density at radius 1 is 0.618 bits per heavy atom. The highest BCUT2D eigenvalue weighted by atomic mass is 16.5. The van der Waals surface area contributed by atoms with E-state index >= 15 is 0 Å². The highest BCUT2D eigenvalue weighted by Gasteiger charge is 2.50. The monoisotopic (exact) mass is 435 g/mol. The van der Waals surface area contributed by atoms with E-state index < -0.39 is 5.41 Å². The topological polar surface area (TPSA) is 14.2 Å². The van der Waals surface area contributed by atoms with Crippen LogP contribution in [0.15, 0.2) is 121 Å². The number of aromatic nitrogens is 1. The number of benzene rings is 4. The summed E-state index contributed by atoms with van der Waals surface area (Å²) in [6.07, 6.45) is 10.2. The van der Waals surface area contributed by atoms with Crippen LogP contribution >= 0.6 is 0 Å². The van der Waals surface area contributed by atoms with E-state index in [0.717, 1.165) is 17.9 Å². The van der Waals surface area contributed by atoms with E-state index in [0.29, 0.717) is 0 Å². The molecule has 1 aliphatic carbocycles. The molecular formula is C32H21NO. The van der Waals surface area contributed by atoms with Crippen LogP contribution in [0.2, 0.25) is 0 Å². The van der Waals surface area contributed by atoms with Crippen molar-refractivity contribution < 1.29 is 4.74 Å². The van der Waals surface area contributed by atoms with Gasteiger partial charge in [0.15, 0.2) is 0 Å². The number of para-hydroxylation sites is 4. The van der Waals surface area contributed by atoms with Gasteiger partial charge in [0, 0.05) is 21.9 Å². The minimum Gasteiger partial charge on any atom is -0.457 e. The fourth-order valence-corrected chi connectivity index (χ4v) is 6.42. The zero-order valence-corrected chi connectivity index (χ0v) is 18.5. The summed E-state index contributed by atoms with van der Waals surface area (Å²) >= 11 is 0. The minimum atomic E-state index is -0.462. The molecule has 8 rings (SSSR count). The average Bonchev–Trinajstić information content (AvgIpc) is 3.03. The van der Waals surface area contributed by atoms with Crippen molar-refractivity contribution >= 4 is 27.5 Å². The Kier molecular flexibility index (Phi) is 3.41. The van der Waals surface area contributed by atoms with Crippen LogP contribution in [0.1, 0.15) is 23.1 Å². The maximum atomic E-state index is 6.49. The standard InChI is InChI=1S/C32H21NO/c1-2-13-23-28(18-3-1)33-27-17-7-4-11-21(27)22-12-10-16-26(31(22)33)32(23)24-14-5-8-19-29(24)34-30-20-9-6-15-25(30)32/h2-20H,1H2. The molecule has 0 fully saturated rings. The molecule has 0 unspecified atom stereocenters. The summed E-state index contributed by atoms with van der Waals surface area (Å²) in [7, 11) is 0. The first-order valence-corrected chi connectivity index (χ1v) is 11.9. The molecule has 2 aliphatic heterocycles. The molecule has 0 N–H and O–H groups in total. The SMILES string of the molecule is C1=CC2=C(C=CC1)C1(c3ccccc3Oc3ccccc31)c1cccc3c4ccccc4n2c13. The molecule has 2 heteroatoms. The van der Waals surface area contributed by atoms with Crippen LogP contribution in [0.4, 0.5) is 0 Å². The predicted molar refractivity (Wildman–Crippen MR) is 138 cm³/mol. The molecule has 2 nitrogen and oxygen atoms in total. The molecule has 34 heavy (non-hydrogen) atoms. The molecule has 0 saturated heterocycles. The third-order valence-electron chi connectivity index (χ3n) is 7.65. The van der Waals surface area contributed by atoms with E-state index in [4.69, 9.17) is 4.74 Å². The predicted octanol–water partition coefficient (Wildman–Crippen LogP) is 7.98. The van der Waals surface area contributed by atoms with Gasteiger partial charge < -0.3 is 9.30 Å². The first kappa shape index (κ1) is 18.2. The molecule has 160 valence electrons. The van der Waals surface area contributed by atoms with Crippen molar-refractivity contribution in [2.45, 2.75) is 11.8 Å². The molecular weight excluding hydrogens is 414 g/mol. The average molecular weight is 436 g/mol. The molecule has 1 aromatic heterocycles. The summed E-state index contributed by atoms with van der Waals surface area (Å²) in [5.41, 5.74) is 8.32. The highest BCUT2D eigenvalue weighted by Crippen LogP contribution is 2.60. The normalized spacial score (nSPS) is 16.8. The number of fused-ring (bicyclic) bond motifs is 10.